The summed E-state index contributed by atoms with van der Waals surface area (Å²) in [6.45, 7) is 1.85. The van der Waals surface area contributed by atoms with Crippen LogP contribution in [0.15, 0.2) is 24.4 Å². The van der Waals surface area contributed by atoms with Crippen LogP contribution in [0.25, 0.3) is 0 Å². The molecule has 23 heavy (non-hydrogen) atoms. The average molecular weight is 321 g/mol. The molecule has 1 atom stereocenters. The van der Waals surface area contributed by atoms with Crippen molar-refractivity contribution >= 4 is 0 Å². The Morgan fingerprint density at radius 2 is 2.17 bits per heavy atom. The number of imidazole rings is 1. The number of aryl methyl sites for hydroxylation is 2. The van der Waals surface area contributed by atoms with E-state index in [2.05, 4.69) is 15.7 Å². The number of nitrogens with zero attached hydrogens (tertiary/aromatic N) is 3. The van der Waals surface area contributed by atoms with E-state index in [9.17, 15) is 13.9 Å². The lowest BCUT2D eigenvalue weighted by atomic mass is 10.1. The van der Waals surface area contributed by atoms with Gasteiger partial charge in [0.2, 0.25) is 0 Å². The molecular formula is C17H21F2N3O. The number of aliphatic hydroxyl groups is 1. The van der Waals surface area contributed by atoms with Gasteiger partial charge in [-0.1, -0.05) is 6.07 Å². The summed E-state index contributed by atoms with van der Waals surface area (Å²) >= 11 is 0. The largest absolute Gasteiger partial charge is 0.387 e. The lowest BCUT2D eigenvalue weighted by Gasteiger charge is -2.20. The summed E-state index contributed by atoms with van der Waals surface area (Å²) in [5.74, 6) is -0.247. The first kappa shape index (κ1) is 16.1. The number of hydrogen-bond acceptors (Lipinski definition) is 3. The normalized spacial score (nSPS) is 15.7. The second kappa shape index (κ2) is 6.76. The smallest absolute Gasteiger partial charge is 0.131 e. The summed E-state index contributed by atoms with van der Waals surface area (Å²) in [5, 5.41) is 10.2. The summed E-state index contributed by atoms with van der Waals surface area (Å²) in [7, 11) is 1.85. The maximum atomic E-state index is 13.7. The third kappa shape index (κ3) is 3.76. The van der Waals surface area contributed by atoms with Gasteiger partial charge in [0.25, 0.3) is 0 Å². The molecule has 1 aromatic carbocycles. The van der Waals surface area contributed by atoms with Gasteiger partial charge in [0.05, 0.1) is 11.8 Å². The molecule has 0 bridgehead atoms. The Hall–Kier alpha value is -1.79. The van der Waals surface area contributed by atoms with E-state index in [0.717, 1.165) is 36.6 Å². The van der Waals surface area contributed by atoms with Crippen molar-refractivity contribution in [1.82, 2.24) is 14.5 Å². The van der Waals surface area contributed by atoms with Gasteiger partial charge in [-0.15, -0.1) is 0 Å². The molecule has 1 aromatic heterocycles. The summed E-state index contributed by atoms with van der Waals surface area (Å²) in [6.07, 6.45) is 4.41. The van der Waals surface area contributed by atoms with Gasteiger partial charge in [-0.25, -0.2) is 13.8 Å². The lowest BCUT2D eigenvalue weighted by molar-refractivity contribution is 0.120. The maximum Gasteiger partial charge on any atom is 0.131 e. The monoisotopic (exact) mass is 321 g/mol. The molecule has 3 rings (SSSR count). The highest BCUT2D eigenvalue weighted by Gasteiger charge is 2.17. The van der Waals surface area contributed by atoms with Gasteiger partial charge in [0, 0.05) is 43.9 Å². The number of halogens is 2. The summed E-state index contributed by atoms with van der Waals surface area (Å²) in [6, 6.07) is 3.24. The maximum absolute atomic E-state index is 13.7. The Morgan fingerprint density at radius 1 is 1.35 bits per heavy atom. The summed E-state index contributed by atoms with van der Waals surface area (Å²) in [5.41, 5.74) is 1.07. The van der Waals surface area contributed by atoms with Crippen molar-refractivity contribution in [3.63, 3.8) is 0 Å². The number of fused-ring (bicyclic) bond motifs is 1. The first-order chi connectivity index (χ1) is 11.0. The van der Waals surface area contributed by atoms with Crippen molar-refractivity contribution in [2.24, 2.45) is 0 Å². The highest BCUT2D eigenvalue weighted by Crippen LogP contribution is 2.20. The van der Waals surface area contributed by atoms with Crippen LogP contribution in [-0.4, -0.2) is 33.1 Å². The van der Waals surface area contributed by atoms with Gasteiger partial charge in [0.15, 0.2) is 0 Å². The molecule has 0 fully saturated rings. The van der Waals surface area contributed by atoms with Crippen molar-refractivity contribution < 1.29 is 13.9 Å². The molecule has 1 N–H and O–H groups in total. The average Bonchev–Trinajstić information content (AvgIpc) is 2.88. The number of hydrogen-bond donors (Lipinski definition) is 1. The summed E-state index contributed by atoms with van der Waals surface area (Å²) in [4.78, 5) is 6.51. The number of likely N-dealkylation sites (N-methyl/N-ethyl adjacent to an activating group) is 1. The number of benzene rings is 1. The fraction of sp³-hybridized carbons (Fsp3) is 0.471. The molecule has 0 radical (unpaired) electrons. The predicted octanol–water partition coefficient (Wildman–Crippen LogP) is 2.66. The highest BCUT2D eigenvalue weighted by molar-refractivity contribution is 5.21. The Balaban J connectivity index is 1.62. The molecule has 2 heterocycles. The Bertz CT molecular complexity index is 663. The highest BCUT2D eigenvalue weighted by atomic mass is 19.1. The van der Waals surface area contributed by atoms with Gasteiger partial charge >= 0.3 is 0 Å². The Kier molecular flexibility index (Phi) is 4.73. The van der Waals surface area contributed by atoms with Crippen LogP contribution in [0.5, 0.6) is 0 Å². The minimum atomic E-state index is -1.00. The second-order valence-corrected chi connectivity index (χ2v) is 6.18. The molecule has 2 aromatic rings. The second-order valence-electron chi connectivity index (χ2n) is 6.18. The van der Waals surface area contributed by atoms with E-state index in [1.54, 1.807) is 0 Å². The number of rotatable bonds is 5. The Morgan fingerprint density at radius 3 is 2.91 bits per heavy atom. The zero-order valence-corrected chi connectivity index (χ0v) is 13.2. The molecule has 1 unspecified atom stereocenters. The van der Waals surface area contributed by atoms with Gasteiger partial charge in [-0.3, -0.25) is 4.90 Å². The molecule has 0 spiro atoms. The molecule has 0 aliphatic carbocycles. The Labute approximate surface area is 134 Å². The molecule has 4 nitrogen and oxygen atoms in total. The first-order valence-electron chi connectivity index (χ1n) is 7.89. The molecule has 6 heteroatoms. The van der Waals surface area contributed by atoms with Gasteiger partial charge in [0.1, 0.15) is 17.5 Å². The fourth-order valence-corrected chi connectivity index (χ4v) is 3.05. The van der Waals surface area contributed by atoms with Crippen molar-refractivity contribution in [1.29, 1.82) is 0 Å². The molecule has 124 valence electrons. The SMILES string of the molecule is CN(Cc1cn2c(n1)CCCC2)CC(O)c1ccc(F)cc1F. The first-order valence-corrected chi connectivity index (χ1v) is 7.89. The van der Waals surface area contributed by atoms with E-state index in [4.69, 9.17) is 0 Å². The zero-order chi connectivity index (χ0) is 16.4. The minimum absolute atomic E-state index is 0.113. The van der Waals surface area contributed by atoms with Gasteiger partial charge in [-0.05, 0) is 26.0 Å². The van der Waals surface area contributed by atoms with E-state index in [0.29, 0.717) is 6.54 Å². The van der Waals surface area contributed by atoms with Crippen LogP contribution in [0.3, 0.4) is 0 Å². The predicted molar refractivity (Wildman–Crippen MR) is 82.8 cm³/mol. The standard InChI is InChI=1S/C17H21F2N3O/c1-21(9-13-10-22-7-3-2-4-17(22)20-13)11-16(23)14-6-5-12(18)8-15(14)19/h5-6,8,10,16,23H,2-4,7,9,11H2,1H3. The summed E-state index contributed by atoms with van der Waals surface area (Å²) < 4.78 is 28.8. The molecule has 0 saturated heterocycles. The van der Waals surface area contributed by atoms with Crippen LogP contribution in [0.2, 0.25) is 0 Å². The van der Waals surface area contributed by atoms with E-state index in [1.165, 1.54) is 18.9 Å². The lowest BCUT2D eigenvalue weighted by Crippen LogP contribution is -2.25. The van der Waals surface area contributed by atoms with Crippen LogP contribution in [0.1, 0.15) is 36.0 Å². The van der Waals surface area contributed by atoms with Crippen molar-refractivity contribution in [2.45, 2.75) is 38.5 Å². The van der Waals surface area contributed by atoms with Crippen LogP contribution < -0.4 is 0 Å². The van der Waals surface area contributed by atoms with E-state index >= 15 is 0 Å². The van der Waals surface area contributed by atoms with E-state index in [1.807, 2.05) is 11.9 Å². The third-order valence-corrected chi connectivity index (χ3v) is 4.20. The van der Waals surface area contributed by atoms with Crippen LogP contribution in [-0.2, 0) is 19.5 Å². The van der Waals surface area contributed by atoms with Crippen LogP contribution in [0, 0.1) is 11.6 Å². The number of aromatic nitrogens is 2. The van der Waals surface area contributed by atoms with E-state index in [-0.39, 0.29) is 12.1 Å². The minimum Gasteiger partial charge on any atom is -0.387 e. The quantitative estimate of drug-likeness (QED) is 0.920. The van der Waals surface area contributed by atoms with Crippen LogP contribution >= 0.6 is 0 Å². The number of aliphatic hydroxyl groups excluding tert-OH is 1. The van der Waals surface area contributed by atoms with Crippen molar-refractivity contribution in [3.05, 3.63) is 53.1 Å². The molecule has 0 saturated carbocycles. The topological polar surface area (TPSA) is 41.3 Å². The zero-order valence-electron chi connectivity index (χ0n) is 13.2. The fourth-order valence-electron chi connectivity index (χ4n) is 3.05. The molecule has 0 amide bonds. The van der Waals surface area contributed by atoms with Crippen molar-refractivity contribution in [2.75, 3.05) is 13.6 Å². The van der Waals surface area contributed by atoms with Gasteiger partial charge in [-0.2, -0.15) is 0 Å². The third-order valence-electron chi connectivity index (χ3n) is 4.20. The van der Waals surface area contributed by atoms with E-state index < -0.39 is 17.7 Å². The molecule has 1 aliphatic heterocycles. The van der Waals surface area contributed by atoms with Crippen molar-refractivity contribution in [3.8, 4) is 0 Å². The molecule has 1 aliphatic rings. The van der Waals surface area contributed by atoms with Gasteiger partial charge < -0.3 is 9.67 Å². The molecular weight excluding hydrogens is 300 g/mol. The van der Waals surface area contributed by atoms with Crippen LogP contribution in [0.4, 0.5) is 8.78 Å².